The van der Waals surface area contributed by atoms with Crippen molar-refractivity contribution in [2.45, 2.75) is 19.3 Å². The molecule has 1 fully saturated rings. The van der Waals surface area contributed by atoms with Crippen molar-refractivity contribution < 1.29 is 4.79 Å². The molecular weight excluding hydrogens is 376 g/mol. The van der Waals surface area contributed by atoms with Crippen molar-refractivity contribution in [3.8, 4) is 6.07 Å². The molecule has 150 valence electrons. The number of piperidine rings is 1. The van der Waals surface area contributed by atoms with Crippen molar-refractivity contribution in [3.63, 3.8) is 0 Å². The average molecular weight is 398 g/mol. The van der Waals surface area contributed by atoms with Crippen LogP contribution in [0, 0.1) is 11.3 Å². The summed E-state index contributed by atoms with van der Waals surface area (Å²) in [6.45, 7) is 2.17. The predicted molar refractivity (Wildman–Crippen MR) is 117 cm³/mol. The van der Waals surface area contributed by atoms with E-state index in [1.54, 1.807) is 36.4 Å². The molecule has 0 bridgehead atoms. The Morgan fingerprint density at radius 1 is 0.867 bits per heavy atom. The highest BCUT2D eigenvalue weighted by molar-refractivity contribution is 6.02. The molecule has 4 rings (SSSR count). The van der Waals surface area contributed by atoms with Gasteiger partial charge in [0.1, 0.15) is 0 Å². The molecule has 3 aromatic rings. The lowest BCUT2D eigenvalue weighted by Gasteiger charge is -2.28. The summed E-state index contributed by atoms with van der Waals surface area (Å²) in [4.78, 5) is 14.8. The van der Waals surface area contributed by atoms with E-state index >= 15 is 0 Å². The molecule has 7 nitrogen and oxygen atoms in total. The number of rotatable bonds is 5. The minimum Gasteiger partial charge on any atom is -0.372 e. The van der Waals surface area contributed by atoms with Crippen LogP contribution in [0.1, 0.15) is 35.3 Å². The zero-order valence-corrected chi connectivity index (χ0v) is 16.5. The topological polar surface area (TPSA) is 93.9 Å². The third-order valence-electron chi connectivity index (χ3n) is 5.03. The van der Waals surface area contributed by atoms with Crippen molar-refractivity contribution in [3.05, 3.63) is 71.9 Å². The first-order valence-electron chi connectivity index (χ1n) is 9.98. The monoisotopic (exact) mass is 398 g/mol. The fourth-order valence-corrected chi connectivity index (χ4v) is 3.40. The van der Waals surface area contributed by atoms with E-state index in [1.807, 2.05) is 24.3 Å². The van der Waals surface area contributed by atoms with Crippen molar-refractivity contribution in [1.82, 2.24) is 10.2 Å². The molecule has 0 spiro atoms. The normalized spacial score (nSPS) is 13.4. The number of nitriles is 1. The van der Waals surface area contributed by atoms with Gasteiger partial charge in [-0.2, -0.15) is 5.26 Å². The molecule has 0 saturated carbocycles. The summed E-state index contributed by atoms with van der Waals surface area (Å²) in [7, 11) is 0. The molecule has 2 heterocycles. The first kappa shape index (κ1) is 19.4. The molecule has 0 atom stereocenters. The smallest absolute Gasteiger partial charge is 0.276 e. The molecule has 1 aromatic heterocycles. The van der Waals surface area contributed by atoms with Crippen LogP contribution in [0.4, 0.5) is 22.9 Å². The molecule has 2 aromatic carbocycles. The van der Waals surface area contributed by atoms with Gasteiger partial charge in [0.25, 0.3) is 5.91 Å². The number of amides is 1. The van der Waals surface area contributed by atoms with Crippen LogP contribution in [0.3, 0.4) is 0 Å². The highest BCUT2D eigenvalue weighted by atomic mass is 16.1. The molecule has 0 radical (unpaired) electrons. The van der Waals surface area contributed by atoms with Gasteiger partial charge in [-0.3, -0.25) is 4.79 Å². The second kappa shape index (κ2) is 9.05. The Balaban J connectivity index is 1.35. The van der Waals surface area contributed by atoms with Gasteiger partial charge in [0.15, 0.2) is 11.5 Å². The Morgan fingerprint density at radius 2 is 1.57 bits per heavy atom. The average Bonchev–Trinajstić information content (AvgIpc) is 2.81. The Labute approximate surface area is 175 Å². The summed E-state index contributed by atoms with van der Waals surface area (Å²) < 4.78 is 0. The number of nitrogens with zero attached hydrogens (tertiary/aromatic N) is 4. The van der Waals surface area contributed by atoms with E-state index in [4.69, 9.17) is 5.26 Å². The largest absolute Gasteiger partial charge is 0.372 e. The number of anilines is 4. The highest BCUT2D eigenvalue weighted by Crippen LogP contribution is 2.22. The molecule has 2 N–H and O–H groups in total. The number of hydrogen-bond acceptors (Lipinski definition) is 6. The summed E-state index contributed by atoms with van der Waals surface area (Å²) in [5.41, 5.74) is 3.52. The molecule has 30 heavy (non-hydrogen) atoms. The van der Waals surface area contributed by atoms with E-state index in [-0.39, 0.29) is 11.6 Å². The quantitative estimate of drug-likeness (QED) is 0.664. The number of aromatic nitrogens is 2. The highest BCUT2D eigenvalue weighted by Gasteiger charge is 2.12. The summed E-state index contributed by atoms with van der Waals surface area (Å²) >= 11 is 0. The Hall–Kier alpha value is -3.92. The van der Waals surface area contributed by atoms with Crippen LogP contribution in [0.15, 0.2) is 60.7 Å². The number of benzene rings is 2. The Morgan fingerprint density at radius 3 is 2.20 bits per heavy atom. The van der Waals surface area contributed by atoms with Gasteiger partial charge < -0.3 is 15.5 Å². The van der Waals surface area contributed by atoms with Gasteiger partial charge in [-0.15, -0.1) is 10.2 Å². The van der Waals surface area contributed by atoms with E-state index in [2.05, 4.69) is 31.8 Å². The van der Waals surface area contributed by atoms with Gasteiger partial charge in [0, 0.05) is 30.2 Å². The minimum absolute atomic E-state index is 0.237. The molecule has 7 heteroatoms. The van der Waals surface area contributed by atoms with Crippen LogP contribution < -0.4 is 15.5 Å². The second-order valence-electron chi connectivity index (χ2n) is 7.17. The number of carbonyl (C=O) groups excluding carboxylic acids is 1. The number of nitrogens with one attached hydrogen (secondary N) is 2. The van der Waals surface area contributed by atoms with Crippen LogP contribution in [0.2, 0.25) is 0 Å². The molecule has 0 aliphatic carbocycles. The fraction of sp³-hybridized carbons (Fsp3) is 0.217. The van der Waals surface area contributed by atoms with Crippen LogP contribution in [-0.4, -0.2) is 29.2 Å². The summed E-state index contributed by atoms with van der Waals surface area (Å²) in [6.07, 6.45) is 3.76. The third kappa shape index (κ3) is 4.73. The fourth-order valence-electron chi connectivity index (χ4n) is 3.40. The minimum atomic E-state index is -0.307. The zero-order valence-electron chi connectivity index (χ0n) is 16.5. The summed E-state index contributed by atoms with van der Waals surface area (Å²) in [5, 5.41) is 22.9. The summed E-state index contributed by atoms with van der Waals surface area (Å²) in [5.74, 6) is 0.209. The summed E-state index contributed by atoms with van der Waals surface area (Å²) in [6, 6.07) is 20.3. The molecule has 1 aliphatic rings. The number of hydrogen-bond donors (Lipinski definition) is 2. The lowest BCUT2D eigenvalue weighted by atomic mass is 10.1. The number of carbonyl (C=O) groups is 1. The van der Waals surface area contributed by atoms with E-state index in [9.17, 15) is 4.79 Å². The van der Waals surface area contributed by atoms with Crippen LogP contribution >= 0.6 is 0 Å². The molecule has 1 amide bonds. The van der Waals surface area contributed by atoms with Crippen LogP contribution in [0.5, 0.6) is 0 Å². The van der Waals surface area contributed by atoms with Gasteiger partial charge in [-0.1, -0.05) is 0 Å². The first-order chi connectivity index (χ1) is 14.7. The molecule has 0 unspecified atom stereocenters. The maximum atomic E-state index is 12.5. The lowest BCUT2D eigenvalue weighted by molar-refractivity contribution is 0.102. The van der Waals surface area contributed by atoms with Gasteiger partial charge in [0.2, 0.25) is 0 Å². The SMILES string of the molecule is N#Cc1ccc(Nc2ccc(C(=O)Nc3ccc(N4CCCCC4)cc3)nn2)cc1. The maximum Gasteiger partial charge on any atom is 0.276 e. The zero-order chi connectivity index (χ0) is 20.8. The van der Waals surface area contributed by atoms with Gasteiger partial charge in [-0.05, 0) is 79.9 Å². The van der Waals surface area contributed by atoms with Gasteiger partial charge >= 0.3 is 0 Å². The first-order valence-corrected chi connectivity index (χ1v) is 9.98. The molecule has 1 saturated heterocycles. The van der Waals surface area contributed by atoms with Crippen molar-refractivity contribution in [2.75, 3.05) is 28.6 Å². The van der Waals surface area contributed by atoms with Crippen molar-refractivity contribution >= 4 is 28.8 Å². The van der Waals surface area contributed by atoms with Crippen molar-refractivity contribution in [1.29, 1.82) is 5.26 Å². The van der Waals surface area contributed by atoms with Crippen molar-refractivity contribution in [2.24, 2.45) is 0 Å². The molecule has 1 aliphatic heterocycles. The second-order valence-corrected chi connectivity index (χ2v) is 7.17. The van der Waals surface area contributed by atoms with E-state index in [1.165, 1.54) is 24.9 Å². The predicted octanol–water partition coefficient (Wildman–Crippen LogP) is 4.33. The standard InChI is InChI=1S/C23H22N6O/c24-16-17-4-6-18(7-5-17)25-22-13-12-21(27-28-22)23(30)26-19-8-10-20(11-9-19)29-14-2-1-3-15-29/h4-13H,1-3,14-15H2,(H,25,28)(H,26,30). The third-order valence-corrected chi connectivity index (χ3v) is 5.03. The van der Waals surface area contributed by atoms with E-state index in [0.29, 0.717) is 11.4 Å². The van der Waals surface area contributed by atoms with Gasteiger partial charge in [0.05, 0.1) is 11.6 Å². The lowest BCUT2D eigenvalue weighted by Crippen LogP contribution is -2.29. The van der Waals surface area contributed by atoms with Crippen LogP contribution in [0.25, 0.3) is 0 Å². The molecular formula is C23H22N6O. The van der Waals surface area contributed by atoms with Crippen LogP contribution in [-0.2, 0) is 0 Å². The maximum absolute atomic E-state index is 12.5. The van der Waals surface area contributed by atoms with E-state index in [0.717, 1.165) is 24.5 Å². The van der Waals surface area contributed by atoms with E-state index < -0.39 is 0 Å². The Kier molecular flexibility index (Phi) is 5.85. The van der Waals surface area contributed by atoms with Gasteiger partial charge in [-0.25, -0.2) is 0 Å². The Bertz CT molecular complexity index is 1030.